The van der Waals surface area contributed by atoms with Crippen LogP contribution < -0.4 is 0 Å². The fraction of sp³-hybridized carbons (Fsp3) is 0.821. The fourth-order valence-corrected chi connectivity index (χ4v) is 8.57. The highest BCUT2D eigenvalue weighted by atomic mass is 16.6. The lowest BCUT2D eigenvalue weighted by Gasteiger charge is -2.24. The first-order chi connectivity index (χ1) is 31.7. The molecule has 1 fully saturated rings. The first-order valence-corrected chi connectivity index (χ1v) is 27.0. The number of hydrogen-bond donors (Lipinski definition) is 0. The van der Waals surface area contributed by atoms with E-state index >= 15 is 0 Å². The summed E-state index contributed by atoms with van der Waals surface area (Å²) in [5, 5.41) is 0. The van der Waals surface area contributed by atoms with Crippen molar-refractivity contribution in [3.05, 3.63) is 36.5 Å². The van der Waals surface area contributed by atoms with Crippen LogP contribution in [0, 0.1) is 11.8 Å². The molecule has 9 heteroatoms. The quantitative estimate of drug-likeness (QED) is 0.0255. The second kappa shape index (κ2) is 43.6. The zero-order valence-corrected chi connectivity index (χ0v) is 42.6. The Labute approximate surface area is 399 Å². The van der Waals surface area contributed by atoms with Crippen molar-refractivity contribution in [3.8, 4) is 0 Å². The van der Waals surface area contributed by atoms with Crippen LogP contribution in [0.5, 0.6) is 0 Å². The van der Waals surface area contributed by atoms with E-state index in [0.717, 1.165) is 89.9 Å². The van der Waals surface area contributed by atoms with Gasteiger partial charge in [0, 0.05) is 31.7 Å². The molecule has 65 heavy (non-hydrogen) atoms. The van der Waals surface area contributed by atoms with Gasteiger partial charge in [0.05, 0.1) is 6.42 Å². The lowest BCUT2D eigenvalue weighted by atomic mass is 9.88. The van der Waals surface area contributed by atoms with E-state index in [1.54, 1.807) is 0 Å². The Balaban J connectivity index is 2.57. The molecule has 376 valence electrons. The third kappa shape index (κ3) is 36.8. The molecule has 1 aliphatic carbocycles. The van der Waals surface area contributed by atoms with Gasteiger partial charge in [0.2, 0.25) is 0 Å². The number of unbranched alkanes of at least 4 members (excludes halogenated alkanes) is 22. The van der Waals surface area contributed by atoms with E-state index in [1.165, 1.54) is 96.3 Å². The number of rotatable bonds is 44. The summed E-state index contributed by atoms with van der Waals surface area (Å²) in [5.74, 6) is -1.28. The average Bonchev–Trinajstić information content (AvgIpc) is 3.65. The molecular weight excluding hydrogens is 815 g/mol. The molecule has 0 aromatic rings. The normalized spacial score (nSPS) is 16.9. The van der Waals surface area contributed by atoms with Gasteiger partial charge >= 0.3 is 23.9 Å². The SMILES string of the molecule is CC/C=C\CC1C(CC(=O)OCC(COC(=O)CCCCCCC/C=C\CCCCCCCC)OC(=O)CCCCCCC/C=C\CCCCCCCC)CCC1OC(=O)CCN(C)C. The number of ether oxygens (including phenoxy) is 4. The Morgan fingerprint density at radius 1 is 0.508 bits per heavy atom. The summed E-state index contributed by atoms with van der Waals surface area (Å²) in [6, 6.07) is 0. The summed E-state index contributed by atoms with van der Waals surface area (Å²) in [5.41, 5.74) is 0. The molecule has 4 unspecified atom stereocenters. The van der Waals surface area contributed by atoms with E-state index in [4.69, 9.17) is 18.9 Å². The summed E-state index contributed by atoms with van der Waals surface area (Å²) in [6.45, 7) is 6.90. The smallest absolute Gasteiger partial charge is 0.307 e. The molecular formula is C56H99NO8. The van der Waals surface area contributed by atoms with Crippen molar-refractivity contribution < 1.29 is 38.1 Å². The van der Waals surface area contributed by atoms with Crippen LogP contribution in [0.2, 0.25) is 0 Å². The molecule has 0 saturated heterocycles. The van der Waals surface area contributed by atoms with Gasteiger partial charge in [-0.25, -0.2) is 0 Å². The van der Waals surface area contributed by atoms with Crippen molar-refractivity contribution in [3.63, 3.8) is 0 Å². The van der Waals surface area contributed by atoms with E-state index in [2.05, 4.69) is 57.2 Å². The molecule has 0 aromatic carbocycles. The minimum Gasteiger partial charge on any atom is -0.462 e. The van der Waals surface area contributed by atoms with Gasteiger partial charge in [0.25, 0.3) is 0 Å². The van der Waals surface area contributed by atoms with Gasteiger partial charge in [0.15, 0.2) is 6.10 Å². The van der Waals surface area contributed by atoms with E-state index in [1.807, 2.05) is 19.0 Å². The molecule has 0 heterocycles. The van der Waals surface area contributed by atoms with E-state index in [9.17, 15) is 19.2 Å². The number of carbonyl (C=O) groups excluding carboxylic acids is 4. The predicted octanol–water partition coefficient (Wildman–Crippen LogP) is 14.7. The Morgan fingerprint density at radius 2 is 0.969 bits per heavy atom. The molecule has 0 N–H and O–H groups in total. The summed E-state index contributed by atoms with van der Waals surface area (Å²) >= 11 is 0. The zero-order chi connectivity index (χ0) is 47.4. The van der Waals surface area contributed by atoms with Crippen LogP contribution in [0.15, 0.2) is 36.5 Å². The fourth-order valence-electron chi connectivity index (χ4n) is 8.57. The number of esters is 4. The van der Waals surface area contributed by atoms with Crippen molar-refractivity contribution in [2.45, 2.75) is 251 Å². The third-order valence-corrected chi connectivity index (χ3v) is 12.6. The van der Waals surface area contributed by atoms with Crippen LogP contribution in [0.1, 0.15) is 239 Å². The molecule has 1 saturated carbocycles. The molecule has 0 bridgehead atoms. The Hall–Kier alpha value is -2.94. The van der Waals surface area contributed by atoms with E-state index in [-0.39, 0.29) is 61.9 Å². The summed E-state index contributed by atoms with van der Waals surface area (Å²) in [4.78, 5) is 53.6. The number of hydrogen-bond acceptors (Lipinski definition) is 9. The summed E-state index contributed by atoms with van der Waals surface area (Å²) < 4.78 is 23.0. The van der Waals surface area contributed by atoms with Crippen molar-refractivity contribution >= 4 is 23.9 Å². The van der Waals surface area contributed by atoms with Crippen molar-refractivity contribution in [2.75, 3.05) is 33.9 Å². The maximum absolute atomic E-state index is 13.3. The van der Waals surface area contributed by atoms with Gasteiger partial charge in [-0.1, -0.05) is 160 Å². The Morgan fingerprint density at radius 3 is 1.46 bits per heavy atom. The van der Waals surface area contributed by atoms with Gasteiger partial charge in [-0.05, 0) is 110 Å². The van der Waals surface area contributed by atoms with Gasteiger partial charge in [-0.2, -0.15) is 0 Å². The topological polar surface area (TPSA) is 108 Å². The second-order valence-electron chi connectivity index (χ2n) is 19.0. The van der Waals surface area contributed by atoms with Crippen LogP contribution in [-0.2, 0) is 38.1 Å². The van der Waals surface area contributed by atoms with Crippen molar-refractivity contribution in [2.24, 2.45) is 11.8 Å². The molecule has 9 nitrogen and oxygen atoms in total. The molecule has 1 aliphatic rings. The minimum atomic E-state index is -0.870. The molecule has 0 aliphatic heterocycles. The van der Waals surface area contributed by atoms with E-state index < -0.39 is 12.1 Å². The zero-order valence-electron chi connectivity index (χ0n) is 42.6. The van der Waals surface area contributed by atoms with Gasteiger partial charge in [0.1, 0.15) is 19.3 Å². The lowest BCUT2D eigenvalue weighted by Crippen LogP contribution is -2.31. The van der Waals surface area contributed by atoms with Crippen LogP contribution in [0.4, 0.5) is 0 Å². The highest BCUT2D eigenvalue weighted by molar-refractivity contribution is 5.71. The first kappa shape index (κ1) is 60.1. The largest absolute Gasteiger partial charge is 0.462 e. The molecule has 1 rings (SSSR count). The van der Waals surface area contributed by atoms with Gasteiger partial charge in [-0.3, -0.25) is 19.2 Å². The Kier molecular flexibility index (Phi) is 40.3. The molecule has 0 spiro atoms. The molecule has 0 amide bonds. The average molecular weight is 914 g/mol. The monoisotopic (exact) mass is 914 g/mol. The van der Waals surface area contributed by atoms with Gasteiger partial charge < -0.3 is 23.8 Å². The van der Waals surface area contributed by atoms with E-state index in [0.29, 0.717) is 25.8 Å². The maximum Gasteiger partial charge on any atom is 0.307 e. The Bertz CT molecular complexity index is 1260. The third-order valence-electron chi connectivity index (χ3n) is 12.6. The highest BCUT2D eigenvalue weighted by Gasteiger charge is 2.39. The van der Waals surface area contributed by atoms with Gasteiger partial charge in [-0.15, -0.1) is 0 Å². The van der Waals surface area contributed by atoms with Crippen molar-refractivity contribution in [1.29, 1.82) is 0 Å². The molecule has 0 radical (unpaired) electrons. The predicted molar refractivity (Wildman–Crippen MR) is 269 cm³/mol. The number of nitrogens with zero attached hydrogens (tertiary/aromatic N) is 1. The van der Waals surface area contributed by atoms with Crippen molar-refractivity contribution in [1.82, 2.24) is 4.90 Å². The highest BCUT2D eigenvalue weighted by Crippen LogP contribution is 2.39. The standard InChI is InChI=1S/C56H99NO8/c1-6-9-12-14-16-18-20-22-24-26-28-30-32-34-37-40-53(58)62-47-50(64-54(59)41-38-35-33-31-29-27-25-23-21-19-17-15-13-10-7-2)48-63-56(61)46-49-42-43-52(51(49)39-36-11-8-3)65-55(60)44-45-57(4)5/h11,22-25,36,49-52H,6-10,12-21,26-35,37-48H2,1-5H3/b24-22-,25-23-,36-11-. The minimum absolute atomic E-state index is 0.00183. The number of allylic oxidation sites excluding steroid dienone is 6. The number of carbonyl (C=O) groups is 4. The maximum atomic E-state index is 13.3. The second-order valence-corrected chi connectivity index (χ2v) is 19.0. The summed E-state index contributed by atoms with van der Waals surface area (Å²) in [6.07, 6.45) is 47.4. The van der Waals surface area contributed by atoms with Crippen LogP contribution in [0.3, 0.4) is 0 Å². The molecule has 4 atom stereocenters. The first-order valence-electron chi connectivity index (χ1n) is 27.0. The lowest BCUT2D eigenvalue weighted by molar-refractivity contribution is -0.167. The van der Waals surface area contributed by atoms with Crippen LogP contribution in [-0.4, -0.2) is 74.8 Å². The van der Waals surface area contributed by atoms with Crippen LogP contribution in [0.25, 0.3) is 0 Å². The summed E-state index contributed by atoms with van der Waals surface area (Å²) in [7, 11) is 3.86. The van der Waals surface area contributed by atoms with Crippen LogP contribution >= 0.6 is 0 Å². The molecule has 0 aromatic heterocycles.